The van der Waals surface area contributed by atoms with Gasteiger partial charge < -0.3 is 15.0 Å². The molecular weight excluding hydrogens is 484 g/mol. The van der Waals surface area contributed by atoms with Gasteiger partial charge in [-0.05, 0) is 18.9 Å². The van der Waals surface area contributed by atoms with E-state index in [1.54, 1.807) is 13.2 Å². The third-order valence-corrected chi connectivity index (χ3v) is 7.22. The number of benzene rings is 2. The second-order valence-corrected chi connectivity index (χ2v) is 10.2. The van der Waals surface area contributed by atoms with E-state index in [1.165, 1.54) is 18.2 Å². The molecule has 3 N–H and O–H groups in total. The number of nitro benzene ring substituents is 1. The quantitative estimate of drug-likeness (QED) is 0.167. The number of nitrogens with zero attached hydrogens (tertiary/aromatic N) is 4. The number of nitro groups is 1. The summed E-state index contributed by atoms with van der Waals surface area (Å²) in [5, 5.41) is 12.1. The summed E-state index contributed by atoms with van der Waals surface area (Å²) in [6.07, 6.45) is 1.84. The van der Waals surface area contributed by atoms with Crippen LogP contribution in [0.1, 0.15) is 24.2 Å². The Morgan fingerprint density at radius 1 is 1.11 bits per heavy atom. The predicted molar refractivity (Wildman–Crippen MR) is 138 cm³/mol. The summed E-state index contributed by atoms with van der Waals surface area (Å²) >= 11 is 0. The Bertz CT molecular complexity index is 1500. The summed E-state index contributed by atoms with van der Waals surface area (Å²) in [6, 6.07) is 13.6. The zero-order chi connectivity index (χ0) is 25.7. The van der Waals surface area contributed by atoms with Gasteiger partial charge in [0.05, 0.1) is 28.3 Å². The molecule has 0 amide bonds. The van der Waals surface area contributed by atoms with Gasteiger partial charge in [-0.3, -0.25) is 10.1 Å². The Morgan fingerprint density at radius 2 is 1.86 bits per heavy atom. The van der Waals surface area contributed by atoms with Gasteiger partial charge >= 0.3 is 0 Å². The average molecular weight is 513 g/mol. The number of nitrogens with two attached hydrogens (primary N) is 1. The molecule has 0 unspecified atom stereocenters. The number of anilines is 1. The summed E-state index contributed by atoms with van der Waals surface area (Å²) < 4.78 is 34.9. The van der Waals surface area contributed by atoms with Gasteiger partial charge in [0.2, 0.25) is 10.0 Å². The van der Waals surface area contributed by atoms with Crippen LogP contribution >= 0.6 is 0 Å². The van der Waals surface area contributed by atoms with Crippen molar-refractivity contribution in [1.29, 1.82) is 0 Å². The van der Waals surface area contributed by atoms with Crippen molar-refractivity contribution in [3.8, 4) is 0 Å². The molecule has 0 aliphatic carbocycles. The molecule has 4 rings (SSSR count). The lowest BCUT2D eigenvalue weighted by atomic mass is 10.2. The number of imidazole rings is 1. The molecular formula is C24H28N6O5S. The van der Waals surface area contributed by atoms with E-state index < -0.39 is 20.7 Å². The minimum absolute atomic E-state index is 0.153. The molecule has 0 atom stereocenters. The molecule has 0 radical (unpaired) electrons. The van der Waals surface area contributed by atoms with Gasteiger partial charge in [-0.25, -0.2) is 23.1 Å². The third kappa shape index (κ3) is 5.61. The number of unbranched alkanes of at least 4 members (excludes halogenated alkanes) is 1. The van der Waals surface area contributed by atoms with Crippen LogP contribution in [0.5, 0.6) is 0 Å². The molecule has 36 heavy (non-hydrogen) atoms. The molecule has 2 aromatic carbocycles. The summed E-state index contributed by atoms with van der Waals surface area (Å²) in [5.74, 6) is 0.744. The van der Waals surface area contributed by atoms with Gasteiger partial charge in [-0.2, -0.15) is 0 Å². The van der Waals surface area contributed by atoms with Crippen LogP contribution in [-0.4, -0.2) is 48.1 Å². The molecule has 2 heterocycles. The molecule has 0 spiro atoms. The molecule has 0 aliphatic rings. The number of aryl methyl sites for hydroxylation is 1. The Balaban J connectivity index is 1.46. The van der Waals surface area contributed by atoms with Crippen molar-refractivity contribution >= 4 is 43.5 Å². The maximum Gasteiger partial charge on any atom is 0.273 e. The van der Waals surface area contributed by atoms with Crippen molar-refractivity contribution < 1.29 is 18.1 Å². The standard InChI is InChI=1S/C24H28N6O5S/c1-35-15-12-21-28-22-23(18-9-3-4-10-19(18)27-24(22)25)29(21)14-7-6-13-26-36(33,34)16-17-8-2-5-11-20(17)30(31)32/h2-5,8-11,26H,6-7,12-16H2,1H3,(H2,25,27). The van der Waals surface area contributed by atoms with Crippen molar-refractivity contribution in [2.75, 3.05) is 26.0 Å². The van der Waals surface area contributed by atoms with E-state index in [1.807, 2.05) is 24.3 Å². The van der Waals surface area contributed by atoms with Crippen LogP contribution in [-0.2, 0) is 33.5 Å². The van der Waals surface area contributed by atoms with Gasteiger partial charge in [-0.15, -0.1) is 0 Å². The molecule has 4 aromatic rings. The van der Waals surface area contributed by atoms with Crippen LogP contribution < -0.4 is 10.5 Å². The topological polar surface area (TPSA) is 155 Å². The van der Waals surface area contributed by atoms with Crippen molar-refractivity contribution in [3.05, 3.63) is 70.0 Å². The second kappa shape index (κ2) is 11.0. The lowest BCUT2D eigenvalue weighted by Gasteiger charge is -2.11. The number of fused-ring (bicyclic) bond motifs is 3. The maximum atomic E-state index is 12.5. The smallest absolute Gasteiger partial charge is 0.273 e. The third-order valence-electron chi connectivity index (χ3n) is 5.88. The van der Waals surface area contributed by atoms with Crippen LogP contribution in [0.3, 0.4) is 0 Å². The molecule has 0 fully saturated rings. The number of rotatable bonds is 12. The number of sulfonamides is 1. The van der Waals surface area contributed by atoms with Crippen LogP contribution in [0.2, 0.25) is 0 Å². The summed E-state index contributed by atoms with van der Waals surface area (Å²) in [7, 11) is -2.10. The Labute approximate surface area is 208 Å². The Morgan fingerprint density at radius 3 is 2.64 bits per heavy atom. The number of aromatic nitrogens is 3. The molecule has 0 saturated carbocycles. The first-order chi connectivity index (χ1) is 17.3. The second-order valence-electron chi connectivity index (χ2n) is 8.38. The van der Waals surface area contributed by atoms with Crippen molar-refractivity contribution in [2.24, 2.45) is 0 Å². The molecule has 190 valence electrons. The van der Waals surface area contributed by atoms with Gasteiger partial charge in [0.15, 0.2) is 5.82 Å². The van der Waals surface area contributed by atoms with Crippen LogP contribution in [0, 0.1) is 10.1 Å². The first-order valence-electron chi connectivity index (χ1n) is 11.5. The maximum absolute atomic E-state index is 12.5. The van der Waals surface area contributed by atoms with Crippen LogP contribution in [0.4, 0.5) is 11.5 Å². The largest absolute Gasteiger partial charge is 0.384 e. The number of pyridine rings is 1. The predicted octanol–water partition coefficient (Wildman–Crippen LogP) is 3.16. The fraction of sp³-hybridized carbons (Fsp3) is 0.333. The molecule has 12 heteroatoms. The zero-order valence-electron chi connectivity index (χ0n) is 19.9. The zero-order valence-corrected chi connectivity index (χ0v) is 20.7. The normalized spacial score (nSPS) is 11.9. The monoisotopic (exact) mass is 512 g/mol. The van der Waals surface area contributed by atoms with E-state index in [9.17, 15) is 18.5 Å². The van der Waals surface area contributed by atoms with Crippen molar-refractivity contribution in [1.82, 2.24) is 19.3 Å². The molecule has 0 saturated heterocycles. The number of hydrogen-bond acceptors (Lipinski definition) is 8. The summed E-state index contributed by atoms with van der Waals surface area (Å²) in [4.78, 5) is 19.8. The fourth-order valence-electron chi connectivity index (χ4n) is 4.22. The highest BCUT2D eigenvalue weighted by Gasteiger charge is 2.20. The minimum atomic E-state index is -3.73. The van der Waals surface area contributed by atoms with Crippen LogP contribution in [0.15, 0.2) is 48.5 Å². The number of nitrogen functional groups attached to an aromatic ring is 1. The first-order valence-corrected chi connectivity index (χ1v) is 13.2. The lowest BCUT2D eigenvalue weighted by molar-refractivity contribution is -0.385. The average Bonchev–Trinajstić information content (AvgIpc) is 3.21. The molecule has 0 bridgehead atoms. The highest BCUT2D eigenvalue weighted by molar-refractivity contribution is 7.88. The number of hydrogen-bond donors (Lipinski definition) is 2. The van der Waals surface area contributed by atoms with E-state index in [0.29, 0.717) is 43.7 Å². The Kier molecular flexibility index (Phi) is 7.77. The summed E-state index contributed by atoms with van der Waals surface area (Å²) in [5.41, 5.74) is 8.49. The number of para-hydroxylation sites is 2. The highest BCUT2D eigenvalue weighted by atomic mass is 32.2. The number of ether oxygens (including phenoxy) is 1. The van der Waals surface area contributed by atoms with Gasteiger partial charge in [0.25, 0.3) is 5.69 Å². The van der Waals surface area contributed by atoms with Crippen molar-refractivity contribution in [3.63, 3.8) is 0 Å². The lowest BCUT2D eigenvalue weighted by Crippen LogP contribution is -2.26. The van der Waals surface area contributed by atoms with E-state index in [2.05, 4.69) is 14.3 Å². The summed E-state index contributed by atoms with van der Waals surface area (Å²) in [6.45, 7) is 1.32. The number of nitrogens with one attached hydrogen (secondary N) is 1. The fourth-order valence-corrected chi connectivity index (χ4v) is 5.43. The van der Waals surface area contributed by atoms with E-state index >= 15 is 0 Å². The Hall–Kier alpha value is -3.61. The number of methoxy groups -OCH3 is 1. The van der Waals surface area contributed by atoms with E-state index in [4.69, 9.17) is 15.5 Å². The first kappa shape index (κ1) is 25.5. The highest BCUT2D eigenvalue weighted by Crippen LogP contribution is 2.29. The van der Waals surface area contributed by atoms with Gasteiger partial charge in [0, 0.05) is 43.6 Å². The van der Waals surface area contributed by atoms with E-state index in [0.717, 1.165) is 22.2 Å². The molecule has 0 aliphatic heterocycles. The minimum Gasteiger partial charge on any atom is -0.384 e. The van der Waals surface area contributed by atoms with Gasteiger partial charge in [-0.1, -0.05) is 36.4 Å². The molecule has 2 aromatic heterocycles. The van der Waals surface area contributed by atoms with Crippen LogP contribution in [0.25, 0.3) is 21.9 Å². The SMILES string of the molecule is COCCc1nc2c(N)nc3ccccc3c2n1CCCCNS(=O)(=O)Cc1ccccc1[N+](=O)[O-]. The van der Waals surface area contributed by atoms with E-state index in [-0.39, 0.29) is 17.8 Å². The van der Waals surface area contributed by atoms with Crippen molar-refractivity contribution in [2.45, 2.75) is 31.6 Å². The molecule has 11 nitrogen and oxygen atoms in total. The van der Waals surface area contributed by atoms with Gasteiger partial charge in [0.1, 0.15) is 11.3 Å².